The highest BCUT2D eigenvalue weighted by Gasteiger charge is 2.30. The normalized spacial score (nSPS) is 14.6. The first-order valence-electron chi connectivity index (χ1n) is 8.05. The van der Waals surface area contributed by atoms with Crippen LogP contribution in [0.4, 0.5) is 11.4 Å². The minimum Gasteiger partial charge on any atom is -0.481 e. The van der Waals surface area contributed by atoms with Crippen LogP contribution in [0.3, 0.4) is 0 Å². The van der Waals surface area contributed by atoms with Crippen LogP contribution in [-0.4, -0.2) is 24.5 Å². The van der Waals surface area contributed by atoms with Crippen molar-refractivity contribution in [3.8, 4) is 5.75 Å². The number of hydrogen-bond donors (Lipinski definition) is 1. The van der Waals surface area contributed by atoms with Crippen molar-refractivity contribution in [1.82, 2.24) is 0 Å². The molecule has 0 spiro atoms. The molecule has 1 unspecified atom stereocenters. The van der Waals surface area contributed by atoms with Crippen molar-refractivity contribution >= 4 is 23.2 Å². The highest BCUT2D eigenvalue weighted by Crippen LogP contribution is 2.30. The number of para-hydroxylation sites is 3. The zero-order valence-corrected chi connectivity index (χ0v) is 13.8. The SMILES string of the molecule is CCc1ccccc1OC(C)C(=O)N1CC(=O)Nc2ccccc21. The van der Waals surface area contributed by atoms with Crippen LogP contribution < -0.4 is 15.0 Å². The Morgan fingerprint density at radius 3 is 2.71 bits per heavy atom. The molecule has 0 aromatic heterocycles. The lowest BCUT2D eigenvalue weighted by atomic mass is 10.1. The fourth-order valence-corrected chi connectivity index (χ4v) is 2.80. The first-order chi connectivity index (χ1) is 11.6. The summed E-state index contributed by atoms with van der Waals surface area (Å²) in [5.74, 6) is 0.266. The van der Waals surface area contributed by atoms with Crippen molar-refractivity contribution in [2.24, 2.45) is 0 Å². The third-order valence-corrected chi connectivity index (χ3v) is 4.04. The molecule has 24 heavy (non-hydrogen) atoms. The van der Waals surface area contributed by atoms with Gasteiger partial charge in [-0.05, 0) is 37.1 Å². The van der Waals surface area contributed by atoms with Crippen molar-refractivity contribution in [2.45, 2.75) is 26.4 Å². The summed E-state index contributed by atoms with van der Waals surface area (Å²) < 4.78 is 5.88. The molecule has 1 aliphatic rings. The molecular formula is C19H20N2O3. The maximum absolute atomic E-state index is 12.8. The minimum atomic E-state index is -0.684. The summed E-state index contributed by atoms with van der Waals surface area (Å²) in [4.78, 5) is 26.2. The number of nitrogens with zero attached hydrogens (tertiary/aromatic N) is 1. The summed E-state index contributed by atoms with van der Waals surface area (Å²) in [6.07, 6.45) is 0.142. The molecule has 1 aliphatic heterocycles. The summed E-state index contributed by atoms with van der Waals surface area (Å²) in [5.41, 5.74) is 2.39. The van der Waals surface area contributed by atoms with Gasteiger partial charge in [0.25, 0.3) is 5.91 Å². The Kier molecular flexibility index (Phi) is 4.51. The first kappa shape index (κ1) is 16.1. The van der Waals surface area contributed by atoms with Crippen molar-refractivity contribution in [2.75, 3.05) is 16.8 Å². The van der Waals surface area contributed by atoms with Gasteiger partial charge in [-0.25, -0.2) is 0 Å². The standard InChI is InChI=1S/C19H20N2O3/c1-3-14-8-4-7-11-17(14)24-13(2)19(23)21-12-18(22)20-15-9-5-6-10-16(15)21/h4-11,13H,3,12H2,1-2H3,(H,20,22). The number of amides is 2. The van der Waals surface area contributed by atoms with Crippen LogP contribution in [0.1, 0.15) is 19.4 Å². The molecule has 0 radical (unpaired) electrons. The van der Waals surface area contributed by atoms with Gasteiger partial charge >= 0.3 is 0 Å². The van der Waals surface area contributed by atoms with Gasteiger partial charge in [-0.1, -0.05) is 37.3 Å². The molecule has 1 heterocycles. The lowest BCUT2D eigenvalue weighted by Gasteiger charge is -2.31. The van der Waals surface area contributed by atoms with Crippen molar-refractivity contribution in [1.29, 1.82) is 0 Å². The van der Waals surface area contributed by atoms with Crippen molar-refractivity contribution in [3.63, 3.8) is 0 Å². The number of benzene rings is 2. The van der Waals surface area contributed by atoms with E-state index in [-0.39, 0.29) is 18.4 Å². The number of carbonyl (C=O) groups is 2. The number of hydrogen-bond acceptors (Lipinski definition) is 3. The molecule has 2 amide bonds. The van der Waals surface area contributed by atoms with Crippen molar-refractivity contribution < 1.29 is 14.3 Å². The molecule has 0 bridgehead atoms. The molecule has 1 N–H and O–H groups in total. The Hall–Kier alpha value is -2.82. The summed E-state index contributed by atoms with van der Waals surface area (Å²) in [6.45, 7) is 3.75. The Bertz CT molecular complexity index is 773. The quantitative estimate of drug-likeness (QED) is 0.940. The second-order valence-corrected chi connectivity index (χ2v) is 5.71. The second-order valence-electron chi connectivity index (χ2n) is 5.71. The maximum atomic E-state index is 12.8. The summed E-state index contributed by atoms with van der Waals surface area (Å²) in [7, 11) is 0. The largest absolute Gasteiger partial charge is 0.481 e. The predicted molar refractivity (Wildman–Crippen MR) is 93.3 cm³/mol. The van der Waals surface area contributed by atoms with Crippen LogP contribution in [0.15, 0.2) is 48.5 Å². The fourth-order valence-electron chi connectivity index (χ4n) is 2.80. The number of nitrogens with one attached hydrogen (secondary N) is 1. The highest BCUT2D eigenvalue weighted by molar-refractivity contribution is 6.10. The van der Waals surface area contributed by atoms with Gasteiger partial charge in [0.05, 0.1) is 11.4 Å². The molecule has 2 aromatic carbocycles. The third kappa shape index (κ3) is 3.11. The number of anilines is 2. The van der Waals surface area contributed by atoms with E-state index in [1.165, 1.54) is 4.90 Å². The number of ether oxygens (including phenoxy) is 1. The Labute approximate surface area is 141 Å². The van der Waals surface area contributed by atoms with Crippen LogP contribution in [-0.2, 0) is 16.0 Å². The van der Waals surface area contributed by atoms with E-state index < -0.39 is 6.10 Å². The maximum Gasteiger partial charge on any atom is 0.268 e. The third-order valence-electron chi connectivity index (χ3n) is 4.04. The van der Waals surface area contributed by atoms with E-state index in [9.17, 15) is 9.59 Å². The molecule has 2 aromatic rings. The molecule has 0 fully saturated rings. The molecule has 0 saturated heterocycles. The van der Waals surface area contributed by atoms with Gasteiger partial charge in [0, 0.05) is 0 Å². The average molecular weight is 324 g/mol. The van der Waals surface area contributed by atoms with E-state index in [0.717, 1.165) is 12.0 Å². The number of carbonyl (C=O) groups excluding carboxylic acids is 2. The van der Waals surface area contributed by atoms with Gasteiger partial charge in [0.15, 0.2) is 6.10 Å². The fraction of sp³-hybridized carbons (Fsp3) is 0.263. The van der Waals surface area contributed by atoms with Crippen molar-refractivity contribution in [3.05, 3.63) is 54.1 Å². The van der Waals surface area contributed by atoms with E-state index in [4.69, 9.17) is 4.74 Å². The van der Waals surface area contributed by atoms with E-state index >= 15 is 0 Å². The molecule has 5 heteroatoms. The van der Waals surface area contributed by atoms with E-state index in [1.54, 1.807) is 13.0 Å². The smallest absolute Gasteiger partial charge is 0.268 e. The summed E-state index contributed by atoms with van der Waals surface area (Å²) in [5, 5.41) is 2.78. The van der Waals surface area contributed by atoms with Crippen LogP contribution in [0.5, 0.6) is 5.75 Å². The topological polar surface area (TPSA) is 58.6 Å². The second kappa shape index (κ2) is 6.74. The molecule has 0 aliphatic carbocycles. The zero-order chi connectivity index (χ0) is 17.1. The molecular weight excluding hydrogens is 304 g/mol. The Morgan fingerprint density at radius 1 is 1.21 bits per heavy atom. The molecule has 1 atom stereocenters. The first-order valence-corrected chi connectivity index (χ1v) is 8.05. The average Bonchev–Trinajstić information content (AvgIpc) is 2.60. The molecule has 3 rings (SSSR count). The molecule has 5 nitrogen and oxygen atoms in total. The van der Waals surface area contributed by atoms with Crippen LogP contribution in [0, 0.1) is 0 Å². The number of aryl methyl sites for hydroxylation is 1. The van der Waals surface area contributed by atoms with Crippen LogP contribution in [0.25, 0.3) is 0 Å². The predicted octanol–water partition coefficient (Wildman–Crippen LogP) is 3.00. The van der Waals surface area contributed by atoms with Crippen LogP contribution >= 0.6 is 0 Å². The lowest BCUT2D eigenvalue weighted by Crippen LogP contribution is -2.47. The summed E-state index contributed by atoms with van der Waals surface area (Å²) >= 11 is 0. The van der Waals surface area contributed by atoms with Gasteiger partial charge in [0.2, 0.25) is 5.91 Å². The zero-order valence-electron chi connectivity index (χ0n) is 13.8. The number of fused-ring (bicyclic) bond motifs is 1. The van der Waals surface area contributed by atoms with Crippen LogP contribution in [0.2, 0.25) is 0 Å². The van der Waals surface area contributed by atoms with Gasteiger partial charge in [-0.15, -0.1) is 0 Å². The molecule has 0 saturated carbocycles. The van der Waals surface area contributed by atoms with Gasteiger partial charge < -0.3 is 10.1 Å². The van der Waals surface area contributed by atoms with Gasteiger partial charge in [0.1, 0.15) is 12.3 Å². The lowest BCUT2D eigenvalue weighted by molar-refractivity contribution is -0.126. The monoisotopic (exact) mass is 324 g/mol. The summed E-state index contributed by atoms with van der Waals surface area (Å²) in [6, 6.07) is 14.9. The van der Waals surface area contributed by atoms with E-state index in [1.807, 2.05) is 49.4 Å². The Morgan fingerprint density at radius 2 is 1.92 bits per heavy atom. The number of rotatable bonds is 4. The Balaban J connectivity index is 1.82. The van der Waals surface area contributed by atoms with Gasteiger partial charge in [-0.3, -0.25) is 14.5 Å². The highest BCUT2D eigenvalue weighted by atomic mass is 16.5. The molecule has 124 valence electrons. The van der Waals surface area contributed by atoms with Gasteiger partial charge in [-0.2, -0.15) is 0 Å². The van der Waals surface area contributed by atoms with E-state index in [2.05, 4.69) is 5.32 Å². The van der Waals surface area contributed by atoms with E-state index in [0.29, 0.717) is 17.1 Å². The minimum absolute atomic E-state index is 0.00102.